The molecule has 0 spiro atoms. The lowest BCUT2D eigenvalue weighted by molar-refractivity contribution is -0.122. The largest absolute Gasteiger partial charge is 0.349 e. The maximum atomic E-state index is 11.7. The molecule has 1 atom stereocenters. The number of hydrogen-bond donors (Lipinski definition) is 1. The minimum atomic E-state index is 0.117. The maximum absolute atomic E-state index is 11.7. The van der Waals surface area contributed by atoms with Crippen molar-refractivity contribution < 1.29 is 4.79 Å². The molecule has 0 radical (unpaired) electrons. The Kier molecular flexibility index (Phi) is 4.05. The molecule has 2 rings (SSSR count). The second kappa shape index (κ2) is 5.55. The van der Waals surface area contributed by atoms with Crippen LogP contribution in [0.3, 0.4) is 0 Å². The molecule has 0 unspecified atom stereocenters. The summed E-state index contributed by atoms with van der Waals surface area (Å²) in [6.45, 7) is 6.51. The van der Waals surface area contributed by atoms with E-state index < -0.39 is 0 Å². The van der Waals surface area contributed by atoms with Gasteiger partial charge in [-0.25, -0.2) is 0 Å². The standard InChI is InChI=1S/C16H23NO/c1-11(2)10-13-4-6-14(7-5-13)12(3)17-16(18)15-8-9-15/h4-7,11-12,15H,8-10H2,1-3H3,(H,17,18)/t12-/m0/s1. The fraction of sp³-hybridized carbons (Fsp3) is 0.562. The van der Waals surface area contributed by atoms with Gasteiger partial charge in [0.25, 0.3) is 0 Å². The smallest absolute Gasteiger partial charge is 0.223 e. The molecule has 0 heterocycles. The van der Waals surface area contributed by atoms with Crippen molar-refractivity contribution in [3.05, 3.63) is 35.4 Å². The third-order valence-electron chi connectivity index (χ3n) is 3.43. The van der Waals surface area contributed by atoms with Gasteiger partial charge >= 0.3 is 0 Å². The van der Waals surface area contributed by atoms with Crippen LogP contribution in [0.4, 0.5) is 0 Å². The molecule has 0 aliphatic heterocycles. The van der Waals surface area contributed by atoms with Gasteiger partial charge in [0.2, 0.25) is 5.91 Å². The summed E-state index contributed by atoms with van der Waals surface area (Å²) in [7, 11) is 0. The van der Waals surface area contributed by atoms with Crippen LogP contribution in [0, 0.1) is 11.8 Å². The first-order valence-electron chi connectivity index (χ1n) is 6.95. The van der Waals surface area contributed by atoms with E-state index >= 15 is 0 Å². The third kappa shape index (κ3) is 3.59. The summed E-state index contributed by atoms with van der Waals surface area (Å²) in [6.07, 6.45) is 3.24. The van der Waals surface area contributed by atoms with E-state index in [0.29, 0.717) is 5.92 Å². The maximum Gasteiger partial charge on any atom is 0.223 e. The van der Waals surface area contributed by atoms with Gasteiger partial charge in [0.05, 0.1) is 6.04 Å². The summed E-state index contributed by atoms with van der Waals surface area (Å²) in [5, 5.41) is 3.08. The second-order valence-corrected chi connectivity index (χ2v) is 5.84. The number of carbonyl (C=O) groups is 1. The normalized spacial score (nSPS) is 16.7. The topological polar surface area (TPSA) is 29.1 Å². The zero-order valence-corrected chi connectivity index (χ0v) is 11.6. The molecule has 1 aliphatic carbocycles. The molecule has 0 saturated heterocycles. The highest BCUT2D eigenvalue weighted by Crippen LogP contribution is 2.29. The highest BCUT2D eigenvalue weighted by atomic mass is 16.2. The fourth-order valence-corrected chi connectivity index (χ4v) is 2.17. The minimum absolute atomic E-state index is 0.117. The van der Waals surface area contributed by atoms with Gasteiger partial charge in [-0.2, -0.15) is 0 Å². The van der Waals surface area contributed by atoms with E-state index in [1.165, 1.54) is 11.1 Å². The van der Waals surface area contributed by atoms with Crippen molar-refractivity contribution >= 4 is 5.91 Å². The summed E-state index contributed by atoms with van der Waals surface area (Å²) >= 11 is 0. The fourth-order valence-electron chi connectivity index (χ4n) is 2.17. The van der Waals surface area contributed by atoms with E-state index in [1.54, 1.807) is 0 Å². The lowest BCUT2D eigenvalue weighted by atomic mass is 10.00. The third-order valence-corrected chi connectivity index (χ3v) is 3.43. The molecular formula is C16H23NO. The SMILES string of the molecule is CC(C)Cc1ccc([C@H](C)NC(=O)C2CC2)cc1. The van der Waals surface area contributed by atoms with Crippen molar-refractivity contribution in [1.29, 1.82) is 0 Å². The Morgan fingerprint density at radius 3 is 2.33 bits per heavy atom. The molecule has 1 aromatic carbocycles. The molecule has 2 heteroatoms. The highest BCUT2D eigenvalue weighted by Gasteiger charge is 2.30. The molecule has 1 saturated carbocycles. The summed E-state index contributed by atoms with van der Waals surface area (Å²) < 4.78 is 0. The highest BCUT2D eigenvalue weighted by molar-refractivity contribution is 5.81. The summed E-state index contributed by atoms with van der Waals surface area (Å²) in [6, 6.07) is 8.74. The van der Waals surface area contributed by atoms with Crippen molar-refractivity contribution in [2.75, 3.05) is 0 Å². The predicted octanol–water partition coefficient (Wildman–Crippen LogP) is 3.47. The molecule has 1 aliphatic rings. The average molecular weight is 245 g/mol. The zero-order chi connectivity index (χ0) is 13.1. The van der Waals surface area contributed by atoms with E-state index in [0.717, 1.165) is 19.3 Å². The Morgan fingerprint density at radius 1 is 1.22 bits per heavy atom. The minimum Gasteiger partial charge on any atom is -0.349 e. The lowest BCUT2D eigenvalue weighted by Crippen LogP contribution is -2.27. The van der Waals surface area contributed by atoms with Gasteiger partial charge in [-0.15, -0.1) is 0 Å². The van der Waals surface area contributed by atoms with E-state index in [2.05, 4.69) is 50.4 Å². The number of amides is 1. The summed E-state index contributed by atoms with van der Waals surface area (Å²) in [5.41, 5.74) is 2.56. The van der Waals surface area contributed by atoms with Crippen molar-refractivity contribution in [1.82, 2.24) is 5.32 Å². The van der Waals surface area contributed by atoms with Crippen LogP contribution in [-0.2, 0) is 11.2 Å². The van der Waals surface area contributed by atoms with E-state index in [-0.39, 0.29) is 17.9 Å². The lowest BCUT2D eigenvalue weighted by Gasteiger charge is -2.15. The number of nitrogens with one attached hydrogen (secondary N) is 1. The van der Waals surface area contributed by atoms with Gasteiger partial charge in [0, 0.05) is 5.92 Å². The molecule has 1 N–H and O–H groups in total. The van der Waals surface area contributed by atoms with Gasteiger partial charge in [0.15, 0.2) is 0 Å². The van der Waals surface area contributed by atoms with Crippen LogP contribution in [0.25, 0.3) is 0 Å². The summed E-state index contributed by atoms with van der Waals surface area (Å²) in [4.78, 5) is 11.7. The predicted molar refractivity (Wildman–Crippen MR) is 74.3 cm³/mol. The first-order valence-corrected chi connectivity index (χ1v) is 6.95. The van der Waals surface area contributed by atoms with Crippen LogP contribution in [0.1, 0.15) is 50.8 Å². The van der Waals surface area contributed by atoms with Crippen LogP contribution in [0.5, 0.6) is 0 Å². The number of carbonyl (C=O) groups excluding carboxylic acids is 1. The molecule has 1 fully saturated rings. The van der Waals surface area contributed by atoms with E-state index in [9.17, 15) is 4.79 Å². The van der Waals surface area contributed by atoms with Crippen LogP contribution >= 0.6 is 0 Å². The monoisotopic (exact) mass is 245 g/mol. The van der Waals surface area contributed by atoms with Crippen LogP contribution in [-0.4, -0.2) is 5.91 Å². The molecule has 98 valence electrons. The van der Waals surface area contributed by atoms with Crippen molar-refractivity contribution in [2.45, 2.75) is 46.1 Å². The Bertz CT molecular complexity index is 404. The quantitative estimate of drug-likeness (QED) is 0.845. The van der Waals surface area contributed by atoms with Crippen LogP contribution in [0.2, 0.25) is 0 Å². The first kappa shape index (κ1) is 13.1. The molecule has 1 aromatic rings. The van der Waals surface area contributed by atoms with Gasteiger partial charge in [-0.1, -0.05) is 38.1 Å². The molecule has 1 amide bonds. The Balaban J connectivity index is 1.93. The van der Waals surface area contributed by atoms with Crippen LogP contribution < -0.4 is 5.32 Å². The van der Waals surface area contributed by atoms with Crippen molar-refractivity contribution in [3.63, 3.8) is 0 Å². The molecule has 0 aromatic heterocycles. The van der Waals surface area contributed by atoms with Crippen molar-refractivity contribution in [3.8, 4) is 0 Å². The van der Waals surface area contributed by atoms with E-state index in [1.807, 2.05) is 0 Å². The number of rotatable bonds is 5. The van der Waals surface area contributed by atoms with Gasteiger partial charge in [-0.05, 0) is 43.2 Å². The van der Waals surface area contributed by atoms with E-state index in [4.69, 9.17) is 0 Å². The molecular weight excluding hydrogens is 222 g/mol. The molecule has 0 bridgehead atoms. The first-order chi connectivity index (χ1) is 8.56. The van der Waals surface area contributed by atoms with Gasteiger partial charge in [0.1, 0.15) is 0 Å². The molecule has 18 heavy (non-hydrogen) atoms. The zero-order valence-electron chi connectivity index (χ0n) is 11.6. The number of hydrogen-bond acceptors (Lipinski definition) is 1. The summed E-state index contributed by atoms with van der Waals surface area (Å²) in [5.74, 6) is 1.18. The Hall–Kier alpha value is -1.31. The average Bonchev–Trinajstić information content (AvgIpc) is 3.12. The Morgan fingerprint density at radius 2 is 1.83 bits per heavy atom. The van der Waals surface area contributed by atoms with Crippen molar-refractivity contribution in [2.24, 2.45) is 11.8 Å². The van der Waals surface area contributed by atoms with Gasteiger partial charge in [-0.3, -0.25) is 4.79 Å². The Labute approximate surface area is 110 Å². The molecule has 2 nitrogen and oxygen atoms in total. The number of benzene rings is 1. The van der Waals surface area contributed by atoms with Crippen LogP contribution in [0.15, 0.2) is 24.3 Å². The van der Waals surface area contributed by atoms with Gasteiger partial charge < -0.3 is 5.32 Å². The second-order valence-electron chi connectivity index (χ2n) is 5.84.